The summed E-state index contributed by atoms with van der Waals surface area (Å²) in [6, 6.07) is 0. The van der Waals surface area contributed by atoms with Gasteiger partial charge in [0, 0.05) is 4.75 Å². The Balaban J connectivity index is 2.88. The Hall–Kier alpha value is -0.970. The van der Waals surface area contributed by atoms with Gasteiger partial charge in [0.25, 0.3) is 5.56 Å². The third-order valence-corrected chi connectivity index (χ3v) is 3.38. The first-order chi connectivity index (χ1) is 7.33. The molecule has 0 aliphatic heterocycles. The molecule has 0 atom stereocenters. The van der Waals surface area contributed by atoms with Crippen molar-refractivity contribution in [2.45, 2.75) is 44.6 Å². The maximum Gasteiger partial charge on any atom is 0.256 e. The summed E-state index contributed by atoms with van der Waals surface area (Å²) in [5.41, 5.74) is 6.19. The molecular formula is C11H19N3OS. The van der Waals surface area contributed by atoms with Crippen LogP contribution in [0.15, 0.2) is 4.79 Å². The molecule has 0 amide bonds. The number of H-pyrrole nitrogens is 1. The minimum absolute atomic E-state index is 0.112. The number of nitrogen functional groups attached to an aromatic ring is 1. The van der Waals surface area contributed by atoms with Crippen molar-refractivity contribution in [3.63, 3.8) is 0 Å². The summed E-state index contributed by atoms with van der Waals surface area (Å²) < 4.78 is 0.150. The number of hydrogen-bond acceptors (Lipinski definition) is 4. The molecule has 4 nitrogen and oxygen atoms in total. The molecule has 16 heavy (non-hydrogen) atoms. The Labute approximate surface area is 100 Å². The molecule has 1 heterocycles. The van der Waals surface area contributed by atoms with Crippen molar-refractivity contribution in [2.24, 2.45) is 0 Å². The number of nitrogens with zero attached hydrogens (tertiary/aromatic N) is 1. The first-order valence-corrected chi connectivity index (χ1v) is 6.33. The molecule has 90 valence electrons. The van der Waals surface area contributed by atoms with Gasteiger partial charge in [-0.1, -0.05) is 27.7 Å². The van der Waals surface area contributed by atoms with Crippen molar-refractivity contribution < 1.29 is 0 Å². The fourth-order valence-electron chi connectivity index (χ4n) is 1.26. The predicted molar refractivity (Wildman–Crippen MR) is 69.7 cm³/mol. The lowest BCUT2D eigenvalue weighted by Gasteiger charge is -2.17. The second-order valence-electron chi connectivity index (χ2n) is 4.63. The van der Waals surface area contributed by atoms with Crippen LogP contribution in [-0.4, -0.2) is 14.7 Å². The SMILES string of the molecule is CCc1c(N)nc(CSC(C)(C)C)[nH]c1=O. The summed E-state index contributed by atoms with van der Waals surface area (Å²) >= 11 is 1.73. The van der Waals surface area contributed by atoms with Crippen LogP contribution in [0.25, 0.3) is 0 Å². The Morgan fingerprint density at radius 3 is 2.50 bits per heavy atom. The minimum Gasteiger partial charge on any atom is -0.383 e. The third kappa shape index (κ3) is 3.56. The number of nitrogens with one attached hydrogen (secondary N) is 1. The lowest BCUT2D eigenvalue weighted by molar-refractivity contribution is 0.799. The van der Waals surface area contributed by atoms with E-state index < -0.39 is 0 Å². The topological polar surface area (TPSA) is 71.8 Å². The molecule has 0 saturated heterocycles. The van der Waals surface area contributed by atoms with Crippen LogP contribution in [-0.2, 0) is 12.2 Å². The Morgan fingerprint density at radius 1 is 1.44 bits per heavy atom. The van der Waals surface area contributed by atoms with Gasteiger partial charge in [0.1, 0.15) is 11.6 Å². The standard InChI is InChI=1S/C11H19N3OS/c1-5-7-9(12)13-8(14-10(7)15)6-16-11(2,3)4/h5-6H2,1-4H3,(H3,12,13,14,15). The van der Waals surface area contributed by atoms with Crippen molar-refractivity contribution in [3.05, 3.63) is 21.7 Å². The summed E-state index contributed by atoms with van der Waals surface area (Å²) in [5, 5.41) is 0. The Morgan fingerprint density at radius 2 is 2.06 bits per heavy atom. The van der Waals surface area contributed by atoms with Gasteiger partial charge in [0.15, 0.2) is 0 Å². The molecular weight excluding hydrogens is 222 g/mol. The highest BCUT2D eigenvalue weighted by atomic mass is 32.2. The molecule has 0 aliphatic carbocycles. The average molecular weight is 241 g/mol. The van der Waals surface area contributed by atoms with Crippen LogP contribution in [0.2, 0.25) is 0 Å². The van der Waals surface area contributed by atoms with E-state index in [2.05, 4.69) is 30.7 Å². The number of aromatic amines is 1. The van der Waals surface area contributed by atoms with Crippen molar-refractivity contribution in [2.75, 3.05) is 5.73 Å². The average Bonchev–Trinajstić information content (AvgIpc) is 2.13. The van der Waals surface area contributed by atoms with Crippen molar-refractivity contribution in [1.82, 2.24) is 9.97 Å². The summed E-state index contributed by atoms with van der Waals surface area (Å²) in [7, 11) is 0. The number of thioether (sulfide) groups is 1. The lowest BCUT2D eigenvalue weighted by Crippen LogP contribution is -2.19. The van der Waals surface area contributed by atoms with Crippen molar-refractivity contribution >= 4 is 17.6 Å². The highest BCUT2D eigenvalue weighted by Gasteiger charge is 2.13. The van der Waals surface area contributed by atoms with E-state index in [4.69, 9.17) is 5.73 Å². The van der Waals surface area contributed by atoms with Gasteiger partial charge < -0.3 is 10.7 Å². The summed E-state index contributed by atoms with van der Waals surface area (Å²) in [6.07, 6.45) is 0.612. The van der Waals surface area contributed by atoms with Crippen LogP contribution in [0.5, 0.6) is 0 Å². The summed E-state index contributed by atoms with van der Waals surface area (Å²) in [5.74, 6) is 1.68. The van der Waals surface area contributed by atoms with Crippen LogP contribution in [0, 0.1) is 0 Å². The number of hydrogen-bond donors (Lipinski definition) is 2. The van der Waals surface area contributed by atoms with Crippen LogP contribution in [0.4, 0.5) is 5.82 Å². The van der Waals surface area contributed by atoms with Gasteiger partial charge in [-0.25, -0.2) is 4.98 Å². The monoisotopic (exact) mass is 241 g/mol. The highest BCUT2D eigenvalue weighted by Crippen LogP contribution is 2.25. The van der Waals surface area contributed by atoms with Gasteiger partial charge in [-0.05, 0) is 6.42 Å². The molecule has 3 N–H and O–H groups in total. The Kier molecular flexibility index (Phi) is 4.02. The van der Waals surface area contributed by atoms with E-state index in [1.807, 2.05) is 6.92 Å². The van der Waals surface area contributed by atoms with E-state index in [1.165, 1.54) is 0 Å². The third-order valence-electron chi connectivity index (χ3n) is 2.09. The minimum atomic E-state index is -0.112. The maximum absolute atomic E-state index is 11.6. The molecule has 0 saturated carbocycles. The number of aromatic nitrogens is 2. The normalized spacial score (nSPS) is 11.8. The van der Waals surface area contributed by atoms with E-state index in [0.29, 0.717) is 29.4 Å². The maximum atomic E-state index is 11.6. The quantitative estimate of drug-likeness (QED) is 0.848. The molecule has 0 spiro atoms. The second kappa shape index (κ2) is 4.91. The molecule has 0 bridgehead atoms. The van der Waals surface area contributed by atoms with E-state index in [9.17, 15) is 4.79 Å². The van der Waals surface area contributed by atoms with Gasteiger partial charge in [0.05, 0.1) is 11.3 Å². The lowest BCUT2D eigenvalue weighted by atomic mass is 10.2. The van der Waals surface area contributed by atoms with Crippen LogP contribution >= 0.6 is 11.8 Å². The molecule has 0 aromatic carbocycles. The zero-order valence-electron chi connectivity index (χ0n) is 10.3. The number of nitrogens with two attached hydrogens (primary N) is 1. The van der Waals surface area contributed by atoms with Gasteiger partial charge in [-0.2, -0.15) is 0 Å². The van der Waals surface area contributed by atoms with E-state index in [1.54, 1.807) is 11.8 Å². The van der Waals surface area contributed by atoms with Crippen LogP contribution in [0.3, 0.4) is 0 Å². The molecule has 0 unspecified atom stereocenters. The molecule has 0 aliphatic rings. The number of anilines is 1. The zero-order chi connectivity index (χ0) is 12.3. The van der Waals surface area contributed by atoms with Gasteiger partial charge in [-0.15, -0.1) is 11.8 Å². The molecule has 0 radical (unpaired) electrons. The van der Waals surface area contributed by atoms with Crippen molar-refractivity contribution in [1.29, 1.82) is 0 Å². The summed E-state index contributed by atoms with van der Waals surface area (Å²) in [4.78, 5) is 18.6. The molecule has 5 heteroatoms. The Bertz CT molecular complexity index is 420. The fourth-order valence-corrected chi connectivity index (χ4v) is 1.96. The van der Waals surface area contributed by atoms with E-state index >= 15 is 0 Å². The predicted octanol–water partition coefficient (Wildman–Crippen LogP) is 1.95. The van der Waals surface area contributed by atoms with Gasteiger partial charge in [0.2, 0.25) is 0 Å². The summed E-state index contributed by atoms with van der Waals surface area (Å²) in [6.45, 7) is 8.27. The molecule has 1 aromatic heterocycles. The second-order valence-corrected chi connectivity index (χ2v) is 6.43. The zero-order valence-corrected chi connectivity index (χ0v) is 11.1. The van der Waals surface area contributed by atoms with Gasteiger partial charge in [-0.3, -0.25) is 4.79 Å². The van der Waals surface area contributed by atoms with Crippen LogP contribution in [0.1, 0.15) is 39.1 Å². The first-order valence-electron chi connectivity index (χ1n) is 5.35. The molecule has 0 fully saturated rings. The molecule has 1 aromatic rings. The molecule has 1 rings (SSSR count). The van der Waals surface area contributed by atoms with E-state index in [-0.39, 0.29) is 10.3 Å². The largest absolute Gasteiger partial charge is 0.383 e. The number of rotatable bonds is 3. The first kappa shape index (κ1) is 13.1. The fraction of sp³-hybridized carbons (Fsp3) is 0.636. The van der Waals surface area contributed by atoms with Gasteiger partial charge >= 0.3 is 0 Å². The van der Waals surface area contributed by atoms with E-state index in [0.717, 1.165) is 0 Å². The highest BCUT2D eigenvalue weighted by molar-refractivity contribution is 7.99. The van der Waals surface area contributed by atoms with Crippen LogP contribution < -0.4 is 11.3 Å². The van der Waals surface area contributed by atoms with Crippen molar-refractivity contribution in [3.8, 4) is 0 Å². The smallest absolute Gasteiger partial charge is 0.256 e.